The smallest absolute Gasteiger partial charge is 0.206 e. The van der Waals surface area contributed by atoms with Crippen molar-refractivity contribution < 1.29 is 4.39 Å². The zero-order valence-electron chi connectivity index (χ0n) is 11.2. The van der Waals surface area contributed by atoms with Gasteiger partial charge in [-0.25, -0.2) is 15.2 Å². The van der Waals surface area contributed by atoms with Gasteiger partial charge >= 0.3 is 0 Å². The van der Waals surface area contributed by atoms with Gasteiger partial charge in [-0.1, -0.05) is 25.0 Å². The van der Waals surface area contributed by atoms with Gasteiger partial charge in [0.1, 0.15) is 5.82 Å². The Morgan fingerprint density at radius 3 is 2.53 bits per heavy atom. The van der Waals surface area contributed by atoms with Gasteiger partial charge in [0.2, 0.25) is 5.96 Å². The Morgan fingerprint density at radius 2 is 1.95 bits per heavy atom. The number of nitrogens with two attached hydrogens (primary N) is 1. The lowest BCUT2D eigenvalue weighted by Crippen LogP contribution is -2.43. The summed E-state index contributed by atoms with van der Waals surface area (Å²) in [5.74, 6) is 5.87. The molecule has 1 fully saturated rings. The van der Waals surface area contributed by atoms with Crippen molar-refractivity contribution in [3.8, 4) is 0 Å². The number of nitrogens with zero attached hydrogens (tertiary/aromatic N) is 1. The summed E-state index contributed by atoms with van der Waals surface area (Å²) in [5.41, 5.74) is 3.60. The molecular formula is C14H21FN4. The first-order valence-electron chi connectivity index (χ1n) is 6.75. The van der Waals surface area contributed by atoms with Crippen LogP contribution in [0.3, 0.4) is 0 Å². The Kier molecular flexibility index (Phi) is 4.74. The van der Waals surface area contributed by atoms with Crippen molar-refractivity contribution in [1.29, 1.82) is 0 Å². The van der Waals surface area contributed by atoms with Crippen LogP contribution in [0, 0.1) is 5.82 Å². The van der Waals surface area contributed by atoms with E-state index in [4.69, 9.17) is 5.84 Å². The lowest BCUT2D eigenvalue weighted by molar-refractivity contribution is 0.622. The predicted octanol–water partition coefficient (Wildman–Crippen LogP) is 2.24. The van der Waals surface area contributed by atoms with E-state index in [1.807, 2.05) is 6.92 Å². The fourth-order valence-electron chi connectivity index (χ4n) is 2.37. The molecule has 104 valence electrons. The van der Waals surface area contributed by atoms with Crippen molar-refractivity contribution in [1.82, 2.24) is 10.7 Å². The molecule has 0 aliphatic heterocycles. The van der Waals surface area contributed by atoms with Gasteiger partial charge in [-0.05, 0) is 37.5 Å². The van der Waals surface area contributed by atoms with Crippen molar-refractivity contribution in [3.05, 3.63) is 35.6 Å². The second-order valence-electron chi connectivity index (χ2n) is 4.98. The number of guanidine groups is 1. The highest BCUT2D eigenvalue weighted by molar-refractivity contribution is 5.79. The third-order valence-electron chi connectivity index (χ3n) is 3.50. The summed E-state index contributed by atoms with van der Waals surface area (Å²) in [5, 5.41) is 3.22. The summed E-state index contributed by atoms with van der Waals surface area (Å²) in [6.45, 7) is 1.99. The summed E-state index contributed by atoms with van der Waals surface area (Å²) in [6, 6.07) is 6.82. The van der Waals surface area contributed by atoms with Crippen molar-refractivity contribution in [2.24, 2.45) is 10.8 Å². The van der Waals surface area contributed by atoms with Gasteiger partial charge in [0.25, 0.3) is 0 Å². The van der Waals surface area contributed by atoms with Crippen molar-refractivity contribution in [2.45, 2.75) is 44.7 Å². The van der Waals surface area contributed by atoms with E-state index in [9.17, 15) is 4.39 Å². The Hall–Kier alpha value is -1.62. The zero-order valence-corrected chi connectivity index (χ0v) is 11.2. The molecule has 5 heteroatoms. The molecule has 0 bridgehead atoms. The van der Waals surface area contributed by atoms with Gasteiger partial charge in [0.05, 0.1) is 12.1 Å². The Balaban J connectivity index is 1.99. The van der Waals surface area contributed by atoms with E-state index in [-0.39, 0.29) is 11.9 Å². The molecule has 1 aromatic carbocycles. The normalized spacial score (nSPS) is 18.4. The molecule has 0 amide bonds. The number of aliphatic imine (C=N–C) groups is 1. The fourth-order valence-corrected chi connectivity index (χ4v) is 2.37. The second-order valence-corrected chi connectivity index (χ2v) is 4.98. The molecule has 2 rings (SSSR count). The molecule has 0 radical (unpaired) electrons. The Bertz CT molecular complexity index is 424. The lowest BCUT2D eigenvalue weighted by Gasteiger charge is -2.18. The maximum absolute atomic E-state index is 12.9. The molecule has 1 aliphatic rings. The minimum atomic E-state index is -0.229. The topological polar surface area (TPSA) is 62.4 Å². The highest BCUT2D eigenvalue weighted by atomic mass is 19.1. The SMILES string of the molecule is CC(NC(=NC1CCCC1)NN)c1ccc(F)cc1. The van der Waals surface area contributed by atoms with Crippen LogP contribution in [-0.2, 0) is 0 Å². The molecule has 1 aromatic rings. The zero-order chi connectivity index (χ0) is 13.7. The largest absolute Gasteiger partial charge is 0.349 e. The minimum Gasteiger partial charge on any atom is -0.349 e. The molecule has 1 unspecified atom stereocenters. The fraction of sp³-hybridized carbons (Fsp3) is 0.500. The van der Waals surface area contributed by atoms with E-state index in [2.05, 4.69) is 15.7 Å². The third-order valence-corrected chi connectivity index (χ3v) is 3.50. The highest BCUT2D eigenvalue weighted by Crippen LogP contribution is 2.21. The molecule has 0 heterocycles. The summed E-state index contributed by atoms with van der Waals surface area (Å²) in [6.07, 6.45) is 4.72. The predicted molar refractivity (Wildman–Crippen MR) is 75.0 cm³/mol. The molecule has 1 aliphatic carbocycles. The van der Waals surface area contributed by atoms with Crippen molar-refractivity contribution in [2.75, 3.05) is 0 Å². The number of hydrogen-bond acceptors (Lipinski definition) is 2. The Morgan fingerprint density at radius 1 is 1.32 bits per heavy atom. The third kappa shape index (κ3) is 3.92. The maximum atomic E-state index is 12.9. The van der Waals surface area contributed by atoms with Crippen LogP contribution in [0.5, 0.6) is 0 Å². The molecule has 4 nitrogen and oxygen atoms in total. The molecule has 0 aromatic heterocycles. The average Bonchev–Trinajstić information content (AvgIpc) is 2.91. The first kappa shape index (κ1) is 13.8. The van der Waals surface area contributed by atoms with Crippen LogP contribution in [-0.4, -0.2) is 12.0 Å². The summed E-state index contributed by atoms with van der Waals surface area (Å²) in [7, 11) is 0. The number of rotatable bonds is 3. The van der Waals surface area contributed by atoms with Crippen molar-refractivity contribution >= 4 is 5.96 Å². The van der Waals surface area contributed by atoms with E-state index in [1.54, 1.807) is 12.1 Å². The molecule has 4 N–H and O–H groups in total. The summed E-state index contributed by atoms with van der Waals surface area (Å²) < 4.78 is 12.9. The van der Waals surface area contributed by atoms with Gasteiger partial charge in [0.15, 0.2) is 0 Å². The second kappa shape index (κ2) is 6.52. The van der Waals surface area contributed by atoms with Gasteiger partial charge in [-0.2, -0.15) is 0 Å². The van der Waals surface area contributed by atoms with Crippen molar-refractivity contribution in [3.63, 3.8) is 0 Å². The van der Waals surface area contributed by atoms with E-state index < -0.39 is 0 Å². The van der Waals surface area contributed by atoms with E-state index in [0.717, 1.165) is 18.4 Å². The van der Waals surface area contributed by atoms with E-state index in [0.29, 0.717) is 12.0 Å². The van der Waals surface area contributed by atoms with Crippen LogP contribution in [0.4, 0.5) is 4.39 Å². The lowest BCUT2D eigenvalue weighted by atomic mass is 10.1. The molecule has 0 saturated heterocycles. The van der Waals surface area contributed by atoms with Gasteiger partial charge < -0.3 is 5.32 Å². The molecule has 1 saturated carbocycles. The molecular weight excluding hydrogens is 243 g/mol. The molecule has 1 atom stereocenters. The van der Waals surface area contributed by atoms with Crippen LogP contribution in [0.1, 0.15) is 44.2 Å². The van der Waals surface area contributed by atoms with E-state index in [1.165, 1.54) is 25.0 Å². The van der Waals surface area contributed by atoms with Gasteiger partial charge in [-0.3, -0.25) is 5.43 Å². The highest BCUT2D eigenvalue weighted by Gasteiger charge is 2.15. The van der Waals surface area contributed by atoms with Gasteiger partial charge in [-0.15, -0.1) is 0 Å². The minimum absolute atomic E-state index is 0.0248. The number of halogens is 1. The number of nitrogens with one attached hydrogen (secondary N) is 2. The van der Waals surface area contributed by atoms with Crippen LogP contribution < -0.4 is 16.6 Å². The standard InChI is InChI=1S/C14H21FN4/c1-10(11-6-8-12(15)9-7-11)17-14(19-16)18-13-4-2-3-5-13/h6-10,13H,2-5,16H2,1H3,(H2,17,18,19). The molecule has 19 heavy (non-hydrogen) atoms. The average molecular weight is 264 g/mol. The van der Waals surface area contributed by atoms with Crippen LogP contribution in [0.25, 0.3) is 0 Å². The summed E-state index contributed by atoms with van der Waals surface area (Å²) in [4.78, 5) is 4.57. The first-order chi connectivity index (χ1) is 9.19. The Labute approximate surface area is 113 Å². The van der Waals surface area contributed by atoms with E-state index >= 15 is 0 Å². The number of hydrogen-bond donors (Lipinski definition) is 3. The maximum Gasteiger partial charge on any atom is 0.206 e. The number of benzene rings is 1. The van der Waals surface area contributed by atoms with Gasteiger partial charge in [0, 0.05) is 0 Å². The monoisotopic (exact) mass is 264 g/mol. The molecule has 0 spiro atoms. The summed E-state index contributed by atoms with van der Waals surface area (Å²) >= 11 is 0. The van der Waals surface area contributed by atoms with Crippen LogP contribution in [0.15, 0.2) is 29.3 Å². The van der Waals surface area contributed by atoms with Crippen LogP contribution >= 0.6 is 0 Å². The van der Waals surface area contributed by atoms with Crippen LogP contribution in [0.2, 0.25) is 0 Å². The number of hydrazine groups is 1. The quantitative estimate of drug-likeness (QED) is 0.339. The first-order valence-corrected chi connectivity index (χ1v) is 6.75.